The Hall–Kier alpha value is -6.50. The van der Waals surface area contributed by atoms with Gasteiger partial charge in [0.15, 0.2) is 16.6 Å². The lowest BCUT2D eigenvalue weighted by Crippen LogP contribution is -2.75. The summed E-state index contributed by atoms with van der Waals surface area (Å²) in [6, 6.07) is 38.2. The van der Waals surface area contributed by atoms with Gasteiger partial charge in [0.2, 0.25) is 0 Å². The first-order chi connectivity index (χ1) is 48.9. The number of rotatable bonds is 36. The van der Waals surface area contributed by atoms with E-state index >= 15 is 0 Å². The van der Waals surface area contributed by atoms with Crippen molar-refractivity contribution in [3.8, 4) is 0 Å². The summed E-state index contributed by atoms with van der Waals surface area (Å²) >= 11 is 0. The second-order valence-corrected chi connectivity index (χ2v) is 45.1. The largest absolute Gasteiger partial charge is 0.582 e. The van der Waals surface area contributed by atoms with Crippen molar-refractivity contribution in [3.05, 3.63) is 135 Å². The third kappa shape index (κ3) is 16.8. The number of benzene rings is 5. The van der Waals surface area contributed by atoms with Crippen LogP contribution in [0.1, 0.15) is 280 Å². The van der Waals surface area contributed by atoms with Crippen molar-refractivity contribution < 1.29 is 18.1 Å². The van der Waals surface area contributed by atoms with Gasteiger partial charge < -0.3 is 23.3 Å². The van der Waals surface area contributed by atoms with Crippen molar-refractivity contribution in [2.24, 2.45) is 20.0 Å². The Morgan fingerprint density at radius 2 is 0.706 bits per heavy atom. The Bertz CT molecular complexity index is 4610. The van der Waals surface area contributed by atoms with Crippen LogP contribution in [0.3, 0.4) is 0 Å². The molecule has 0 radical (unpaired) electrons. The van der Waals surface area contributed by atoms with E-state index in [1.807, 2.05) is 6.07 Å². The van der Waals surface area contributed by atoms with E-state index in [4.69, 9.17) is 20.0 Å². The van der Waals surface area contributed by atoms with E-state index in [0.717, 1.165) is 256 Å². The molecule has 0 unspecified atom stereocenters. The fourth-order valence-corrected chi connectivity index (χ4v) is 34.1. The standard InChI is InChI=1S/C87H124N8O4Si3/c1-16-22-28-34-50-100(51-35-29-23-17-2,52-36-30-24-18-3)98-102(99-101(53-37-31-25-19-4,54-38-32-26-20-5)55-39-33-27-21-6)94-81-70-48-45-67(87(13,14)15)61-75(70)84(94)91-78-69-47-44-66(86(10,11)12)60-72(69)80(89-78)93-82-73-57-63-42-40-62(41-49-76(96)97)56-64(63)58-74(73)83(95(82)102)90-77-68-46-43-65(85(7,8)9)59-71(68)79(88-77)92-81/h40-49,56-61H,16-39,50-55H2,1-15H3,(H,96,97)(H,88,90,92)(H,89,91,93)/b49-41+. The first kappa shape index (κ1) is 76.6. The topological polar surface area (TPSA) is 147 Å². The van der Waals surface area contributed by atoms with Gasteiger partial charge in [0.25, 0.3) is 0 Å². The number of nitrogens with one attached hydrogen (secondary N) is 2. The second-order valence-electron chi connectivity index (χ2n) is 33.7. The molecular weight excluding hydrogens is 1310 g/mol. The zero-order valence-corrected chi connectivity index (χ0v) is 68.3. The molecule has 6 heterocycles. The second kappa shape index (κ2) is 32.9. The summed E-state index contributed by atoms with van der Waals surface area (Å²) in [7, 11) is -11.0. The van der Waals surface area contributed by atoms with Gasteiger partial charge in [-0.3, -0.25) is 8.47 Å². The number of aromatic nitrogens is 4. The number of fused-ring (bicyclic) bond motifs is 17. The number of carboxylic acids is 1. The van der Waals surface area contributed by atoms with Gasteiger partial charge in [-0.15, -0.1) is 0 Å². The fraction of sp³-hybridized carbons (Fsp3) is 0.552. The molecule has 11 rings (SSSR count). The van der Waals surface area contributed by atoms with Gasteiger partial charge in [0.1, 0.15) is 45.2 Å². The van der Waals surface area contributed by atoms with Crippen molar-refractivity contribution in [2.75, 3.05) is 0 Å². The van der Waals surface area contributed by atoms with E-state index in [2.05, 4.69) is 201 Å². The van der Waals surface area contributed by atoms with E-state index in [0.29, 0.717) is 0 Å². The molecule has 0 aliphatic carbocycles. The summed E-state index contributed by atoms with van der Waals surface area (Å²) < 4.78 is 24.8. The van der Waals surface area contributed by atoms with Crippen LogP contribution in [0.5, 0.6) is 0 Å². The quantitative estimate of drug-likeness (QED) is 0.0204. The number of carboxylic acid groups (broad SMARTS) is 1. The minimum atomic E-state index is -4.75. The van der Waals surface area contributed by atoms with Crippen molar-refractivity contribution in [1.82, 2.24) is 18.4 Å². The van der Waals surface area contributed by atoms with Gasteiger partial charge in [-0.1, -0.05) is 306 Å². The van der Waals surface area contributed by atoms with Crippen LogP contribution in [0, 0.1) is 0 Å². The molecule has 6 bridgehead atoms. The molecule has 102 heavy (non-hydrogen) atoms. The molecule has 12 nitrogen and oxygen atoms in total. The van der Waals surface area contributed by atoms with Crippen molar-refractivity contribution in [2.45, 2.75) is 310 Å². The highest BCUT2D eigenvalue weighted by molar-refractivity contribution is 6.89. The zero-order chi connectivity index (χ0) is 72.6. The average Bonchev–Trinajstić information content (AvgIpc) is 1.51. The summed E-state index contributed by atoms with van der Waals surface area (Å²) in [6.07, 6.45) is 30.5. The highest BCUT2D eigenvalue weighted by Crippen LogP contribution is 2.44. The minimum absolute atomic E-state index is 0.167. The molecule has 2 aliphatic heterocycles. The maximum Gasteiger partial charge on any atom is 0.582 e. The number of nitrogens with zero attached hydrogens (tertiary/aromatic N) is 6. The van der Waals surface area contributed by atoms with Gasteiger partial charge in [0.05, 0.1) is 0 Å². The van der Waals surface area contributed by atoms with E-state index in [1.54, 1.807) is 6.08 Å². The van der Waals surface area contributed by atoms with Crippen LogP contribution in [0.25, 0.3) is 59.9 Å². The molecule has 4 aromatic heterocycles. The van der Waals surface area contributed by atoms with Crippen LogP contribution in [-0.4, -0.2) is 55.0 Å². The lowest BCUT2D eigenvalue weighted by atomic mass is 9.86. The lowest BCUT2D eigenvalue weighted by molar-refractivity contribution is -0.131. The summed E-state index contributed by atoms with van der Waals surface area (Å²) in [6.45, 7) is 34.9. The molecule has 0 amide bonds. The normalized spacial score (nSPS) is 15.5. The molecule has 0 saturated carbocycles. The Labute approximate surface area is 613 Å². The third-order valence-electron chi connectivity index (χ3n) is 22.4. The number of hydrogen-bond donors (Lipinski definition) is 3. The number of aliphatic carboxylic acids is 1. The van der Waals surface area contributed by atoms with Crippen LogP contribution in [0.2, 0.25) is 36.3 Å². The van der Waals surface area contributed by atoms with E-state index in [1.165, 1.54) is 61.3 Å². The predicted molar refractivity (Wildman–Crippen MR) is 438 cm³/mol. The number of carbonyl (C=O) groups is 1. The predicted octanol–water partition coefficient (Wildman–Crippen LogP) is 24.4. The molecule has 0 atom stereocenters. The molecule has 548 valence electrons. The van der Waals surface area contributed by atoms with E-state index < -0.39 is 31.5 Å². The van der Waals surface area contributed by atoms with Crippen LogP contribution in [-0.2, 0) is 29.3 Å². The van der Waals surface area contributed by atoms with Crippen LogP contribution < -0.4 is 22.0 Å². The summed E-state index contributed by atoms with van der Waals surface area (Å²) in [5.41, 5.74) is 7.00. The summed E-state index contributed by atoms with van der Waals surface area (Å²) in [5, 5.41) is 19.9. The Balaban J connectivity index is 1.49. The molecule has 3 N–H and O–H groups in total. The monoisotopic (exact) mass is 1430 g/mol. The van der Waals surface area contributed by atoms with Crippen LogP contribution >= 0.6 is 0 Å². The Kier molecular flexibility index (Phi) is 24.7. The molecule has 0 saturated heterocycles. The first-order valence-electron chi connectivity index (χ1n) is 40.3. The Morgan fingerprint density at radius 1 is 0.392 bits per heavy atom. The maximum atomic E-state index is 12.2. The van der Waals surface area contributed by atoms with Crippen LogP contribution in [0.15, 0.2) is 111 Å². The maximum absolute atomic E-state index is 12.2. The average molecular weight is 1430 g/mol. The number of hydrogen-bond acceptors (Lipinski definition) is 7. The number of H-pyrrole nitrogens is 2. The fourth-order valence-electron chi connectivity index (χ4n) is 16.3. The van der Waals surface area contributed by atoms with Crippen molar-refractivity contribution in [3.63, 3.8) is 0 Å². The molecule has 15 heteroatoms. The lowest BCUT2D eigenvalue weighted by Gasteiger charge is -2.47. The summed E-state index contributed by atoms with van der Waals surface area (Å²) in [5.74, 6) is 1.98. The van der Waals surface area contributed by atoms with Gasteiger partial charge >= 0.3 is 14.9 Å². The van der Waals surface area contributed by atoms with Gasteiger partial charge in [-0.05, 0) is 128 Å². The zero-order valence-electron chi connectivity index (χ0n) is 65.3. The highest BCUT2D eigenvalue weighted by atomic mass is 28.5. The SMILES string of the molecule is CCCCCC[Si](CCCCCC)(CCCCCC)O[Si]1(O[Si](CCCCCC)(CCCCCC)CCCCCC)n2/c3c4ccc(C(C)(C)C)cc4/c2=N/c2[nH]c(c4cc(C(C)(C)C)ccc24)/N=c2/c4cc5ccc(/C=C/C(=O)O)cc5cc4/c(n21)=N/c1[nH]c(c2cc(C(C)(C)C)ccc12)/N=3. The highest BCUT2D eigenvalue weighted by Gasteiger charge is 2.60. The van der Waals surface area contributed by atoms with Gasteiger partial charge in [-0.2, -0.15) is 0 Å². The molecule has 9 aromatic rings. The van der Waals surface area contributed by atoms with Crippen molar-refractivity contribution in [1.29, 1.82) is 0 Å². The van der Waals surface area contributed by atoms with Crippen molar-refractivity contribution >= 4 is 115 Å². The van der Waals surface area contributed by atoms with Crippen LogP contribution in [0.4, 0.5) is 23.3 Å². The summed E-state index contributed by atoms with van der Waals surface area (Å²) in [4.78, 5) is 45.7. The molecule has 2 aliphatic rings. The molecule has 0 spiro atoms. The number of unbranched alkanes of at least 4 members (excludes halogenated alkanes) is 18. The van der Waals surface area contributed by atoms with Gasteiger partial charge in [0, 0.05) is 49.2 Å². The molecule has 0 fully saturated rings. The number of aromatic amines is 2. The van der Waals surface area contributed by atoms with E-state index in [-0.39, 0.29) is 16.2 Å². The van der Waals surface area contributed by atoms with E-state index in [9.17, 15) is 18.1 Å². The third-order valence-corrected chi connectivity index (χ3v) is 37.6. The minimum Gasteiger partial charge on any atom is -0.478 e. The molecule has 5 aromatic carbocycles. The Morgan fingerprint density at radius 3 is 1.05 bits per heavy atom. The van der Waals surface area contributed by atoms with Gasteiger partial charge in [-0.25, -0.2) is 24.8 Å². The molecular formula is C87H124N8O4Si3. The first-order valence-corrected chi connectivity index (χ1v) is 47.0. The smallest absolute Gasteiger partial charge is 0.478 e.